The fourth-order valence-corrected chi connectivity index (χ4v) is 2.78. The summed E-state index contributed by atoms with van der Waals surface area (Å²) in [5.41, 5.74) is 0.964. The Bertz CT molecular complexity index is 758. The van der Waals surface area contributed by atoms with Crippen molar-refractivity contribution in [1.82, 2.24) is 4.98 Å². The second kappa shape index (κ2) is 4.96. The van der Waals surface area contributed by atoms with E-state index in [1.165, 1.54) is 6.20 Å². The van der Waals surface area contributed by atoms with Crippen LogP contribution in [0.25, 0.3) is 10.9 Å². The number of aromatic nitrogens is 1. The van der Waals surface area contributed by atoms with Crippen LogP contribution in [0.3, 0.4) is 0 Å². The summed E-state index contributed by atoms with van der Waals surface area (Å²) in [6.07, 6.45) is 1.22. The minimum absolute atomic E-state index is 0.107. The lowest BCUT2D eigenvalue weighted by molar-refractivity contribution is -0.384. The molecule has 3 rings (SSSR count). The van der Waals surface area contributed by atoms with Crippen LogP contribution < -0.4 is 4.90 Å². The van der Waals surface area contributed by atoms with Crippen LogP contribution >= 0.6 is 15.9 Å². The molecule has 8 heteroatoms. The molecule has 7 nitrogen and oxygen atoms in total. The number of hydrogen-bond donors (Lipinski definition) is 1. The molecule has 0 amide bonds. The highest BCUT2D eigenvalue weighted by atomic mass is 79.9. The first-order valence-corrected chi connectivity index (χ1v) is 6.97. The number of carbonyl (C=O) groups is 1. The van der Waals surface area contributed by atoms with E-state index in [9.17, 15) is 14.9 Å². The van der Waals surface area contributed by atoms with Crippen molar-refractivity contribution < 1.29 is 14.8 Å². The van der Waals surface area contributed by atoms with Gasteiger partial charge in [0.1, 0.15) is 11.9 Å². The van der Waals surface area contributed by atoms with Crippen molar-refractivity contribution in [2.24, 2.45) is 5.92 Å². The van der Waals surface area contributed by atoms with Crippen molar-refractivity contribution in [3.05, 3.63) is 39.0 Å². The van der Waals surface area contributed by atoms with E-state index in [1.807, 2.05) is 0 Å². The van der Waals surface area contributed by atoms with Gasteiger partial charge in [0.25, 0.3) is 0 Å². The van der Waals surface area contributed by atoms with Gasteiger partial charge in [0.15, 0.2) is 0 Å². The molecule has 1 N–H and O–H groups in total. The van der Waals surface area contributed by atoms with Gasteiger partial charge in [-0.15, -0.1) is 0 Å². The van der Waals surface area contributed by atoms with Gasteiger partial charge in [-0.05, 0) is 18.2 Å². The van der Waals surface area contributed by atoms with Gasteiger partial charge in [0.2, 0.25) is 0 Å². The van der Waals surface area contributed by atoms with Gasteiger partial charge < -0.3 is 10.0 Å². The lowest BCUT2D eigenvalue weighted by atomic mass is 9.98. The van der Waals surface area contributed by atoms with E-state index in [2.05, 4.69) is 20.9 Å². The number of hydrogen-bond acceptors (Lipinski definition) is 5. The zero-order valence-corrected chi connectivity index (χ0v) is 12.3. The zero-order valence-electron chi connectivity index (χ0n) is 10.7. The van der Waals surface area contributed by atoms with Crippen LogP contribution in [0.1, 0.15) is 0 Å². The largest absolute Gasteiger partial charge is 0.481 e. The highest BCUT2D eigenvalue weighted by molar-refractivity contribution is 9.10. The molecule has 2 heterocycles. The Labute approximate surface area is 127 Å². The van der Waals surface area contributed by atoms with Crippen LogP contribution in [0.15, 0.2) is 28.9 Å². The van der Waals surface area contributed by atoms with E-state index in [-0.39, 0.29) is 18.8 Å². The van der Waals surface area contributed by atoms with Gasteiger partial charge in [0.05, 0.1) is 16.4 Å². The van der Waals surface area contributed by atoms with E-state index in [4.69, 9.17) is 5.11 Å². The molecule has 0 atom stereocenters. The highest BCUT2D eigenvalue weighted by Gasteiger charge is 2.37. The van der Waals surface area contributed by atoms with Gasteiger partial charge >= 0.3 is 11.7 Å². The van der Waals surface area contributed by atoms with Crippen molar-refractivity contribution in [3.63, 3.8) is 0 Å². The summed E-state index contributed by atoms with van der Waals surface area (Å²) in [4.78, 5) is 27.5. The molecule has 0 spiro atoms. The third-order valence-electron chi connectivity index (χ3n) is 3.53. The molecular weight excluding hydrogens is 342 g/mol. The van der Waals surface area contributed by atoms with Gasteiger partial charge in [-0.3, -0.25) is 14.9 Å². The zero-order chi connectivity index (χ0) is 15.1. The van der Waals surface area contributed by atoms with Crippen molar-refractivity contribution in [2.75, 3.05) is 18.0 Å². The molecule has 1 aliphatic heterocycles. The van der Waals surface area contributed by atoms with E-state index in [1.54, 1.807) is 23.1 Å². The highest BCUT2D eigenvalue weighted by Crippen LogP contribution is 2.39. The van der Waals surface area contributed by atoms with Gasteiger partial charge in [-0.2, -0.15) is 0 Å². The summed E-state index contributed by atoms with van der Waals surface area (Å²) >= 11 is 3.34. The van der Waals surface area contributed by atoms with Crippen molar-refractivity contribution in [3.8, 4) is 0 Å². The maximum absolute atomic E-state index is 11.2. The average molecular weight is 352 g/mol. The van der Waals surface area contributed by atoms with E-state index in [0.29, 0.717) is 16.6 Å². The Morgan fingerprint density at radius 2 is 2.19 bits per heavy atom. The smallest absolute Gasteiger partial charge is 0.311 e. The first kappa shape index (κ1) is 13.7. The lowest BCUT2D eigenvalue weighted by Crippen LogP contribution is -2.50. The molecule has 1 fully saturated rings. The van der Waals surface area contributed by atoms with E-state index >= 15 is 0 Å². The topological polar surface area (TPSA) is 96.6 Å². The van der Waals surface area contributed by atoms with Gasteiger partial charge in [-0.1, -0.05) is 15.9 Å². The summed E-state index contributed by atoms with van der Waals surface area (Å²) in [6.45, 7) is 0.531. The fraction of sp³-hybridized carbons (Fsp3) is 0.231. The Hall–Kier alpha value is -2.22. The SMILES string of the molecule is O=C(O)C1CN(c2c([N+](=O)[O-])cnc3ccc(Br)cc23)C1. The van der Waals surface area contributed by atoms with Gasteiger partial charge in [0, 0.05) is 22.9 Å². The Balaban J connectivity index is 2.13. The predicted octanol–water partition coefficient (Wildman–Crippen LogP) is 2.43. The minimum atomic E-state index is -0.881. The molecule has 108 valence electrons. The van der Waals surface area contributed by atoms with Crippen LogP contribution in [-0.4, -0.2) is 34.1 Å². The summed E-state index contributed by atoms with van der Waals surface area (Å²) in [5, 5.41) is 20.8. The number of aliphatic carboxylic acids is 1. The number of halogens is 1. The number of pyridine rings is 1. The fourth-order valence-electron chi connectivity index (χ4n) is 2.42. The molecule has 1 aromatic carbocycles. The Kier molecular flexibility index (Phi) is 3.25. The standard InChI is InChI=1S/C13H10BrN3O4/c14-8-1-2-10-9(3-8)12(11(4-15-10)17(20)21)16-5-7(6-16)13(18)19/h1-4,7H,5-6H2,(H,18,19). The van der Waals surface area contributed by atoms with Crippen LogP contribution in [0.4, 0.5) is 11.4 Å². The van der Waals surface area contributed by atoms with Crippen molar-refractivity contribution in [1.29, 1.82) is 0 Å². The molecule has 0 aliphatic carbocycles. The van der Waals surface area contributed by atoms with Crippen molar-refractivity contribution in [2.45, 2.75) is 0 Å². The normalized spacial score (nSPS) is 15.0. The minimum Gasteiger partial charge on any atom is -0.481 e. The number of rotatable bonds is 3. The first-order valence-electron chi connectivity index (χ1n) is 6.18. The van der Waals surface area contributed by atoms with Crippen molar-refractivity contribution >= 4 is 44.2 Å². The van der Waals surface area contributed by atoms with Gasteiger partial charge in [-0.25, -0.2) is 4.98 Å². The molecule has 1 aromatic heterocycles. The first-order chi connectivity index (χ1) is 9.97. The third kappa shape index (κ3) is 2.31. The predicted molar refractivity (Wildman–Crippen MR) is 79.4 cm³/mol. The molecule has 0 bridgehead atoms. The number of anilines is 1. The van der Waals surface area contributed by atoms with E-state index < -0.39 is 16.8 Å². The third-order valence-corrected chi connectivity index (χ3v) is 4.02. The second-order valence-corrected chi connectivity index (χ2v) is 5.77. The molecule has 1 aliphatic rings. The van der Waals surface area contributed by atoms with Crippen LogP contribution in [-0.2, 0) is 4.79 Å². The molecule has 2 aromatic rings. The lowest BCUT2D eigenvalue weighted by Gasteiger charge is -2.38. The Morgan fingerprint density at radius 3 is 2.81 bits per heavy atom. The molecule has 0 unspecified atom stereocenters. The number of benzene rings is 1. The Morgan fingerprint density at radius 1 is 1.48 bits per heavy atom. The number of nitro groups is 1. The average Bonchev–Trinajstić information content (AvgIpc) is 2.36. The maximum atomic E-state index is 11.2. The summed E-state index contributed by atoms with van der Waals surface area (Å²) in [7, 11) is 0. The second-order valence-electron chi connectivity index (χ2n) is 4.85. The van der Waals surface area contributed by atoms with Crippen LogP contribution in [0.2, 0.25) is 0 Å². The monoisotopic (exact) mass is 351 g/mol. The molecule has 0 saturated carbocycles. The number of carboxylic acid groups (broad SMARTS) is 1. The maximum Gasteiger partial charge on any atom is 0.311 e. The number of fused-ring (bicyclic) bond motifs is 1. The number of nitrogens with zero attached hydrogens (tertiary/aromatic N) is 3. The summed E-state index contributed by atoms with van der Waals surface area (Å²) < 4.78 is 0.786. The van der Waals surface area contributed by atoms with Crippen LogP contribution in [0.5, 0.6) is 0 Å². The molecule has 1 saturated heterocycles. The number of carboxylic acids is 1. The van der Waals surface area contributed by atoms with Crippen LogP contribution in [0, 0.1) is 16.0 Å². The molecular formula is C13H10BrN3O4. The quantitative estimate of drug-likeness (QED) is 0.673. The summed E-state index contributed by atoms with van der Waals surface area (Å²) in [6, 6.07) is 5.33. The molecule has 0 radical (unpaired) electrons. The molecule has 21 heavy (non-hydrogen) atoms. The summed E-state index contributed by atoms with van der Waals surface area (Å²) in [5.74, 6) is -1.37. The van der Waals surface area contributed by atoms with E-state index in [0.717, 1.165) is 4.47 Å².